The lowest BCUT2D eigenvalue weighted by Gasteiger charge is -2.11. The molecule has 5 rings (SSSR count). The van der Waals surface area contributed by atoms with Crippen LogP contribution in [-0.4, -0.2) is 20.3 Å². The number of nitrogens with one attached hydrogen (secondary N) is 1. The number of halogens is 2. The lowest BCUT2D eigenvalue weighted by Crippen LogP contribution is -2.07. The van der Waals surface area contributed by atoms with Crippen molar-refractivity contribution < 1.29 is 13.3 Å². The normalized spacial score (nSPS) is 11.6. The van der Waals surface area contributed by atoms with Gasteiger partial charge in [-0.3, -0.25) is 5.10 Å². The van der Waals surface area contributed by atoms with Crippen LogP contribution in [0.1, 0.15) is 40.6 Å². The summed E-state index contributed by atoms with van der Waals surface area (Å²) in [5, 5.41) is 11.9. The molecule has 0 atom stereocenters. The molecule has 0 radical (unpaired) electrons. The number of hydrogen-bond acceptors (Lipinski definition) is 4. The van der Waals surface area contributed by atoms with E-state index in [1.54, 1.807) is 12.3 Å². The smallest absolute Gasteiger partial charge is 0.270 e. The Balaban J connectivity index is 1.51. The highest BCUT2D eigenvalue weighted by molar-refractivity contribution is 5.86. The maximum atomic E-state index is 13.7. The number of aryl methyl sites for hydroxylation is 1. The third-order valence-corrected chi connectivity index (χ3v) is 5.34. The van der Waals surface area contributed by atoms with Gasteiger partial charge in [0.15, 0.2) is 5.58 Å². The fourth-order valence-electron chi connectivity index (χ4n) is 3.61. The van der Waals surface area contributed by atoms with Crippen molar-refractivity contribution >= 4 is 22.0 Å². The molecule has 0 bridgehead atoms. The van der Waals surface area contributed by atoms with Crippen LogP contribution in [0.2, 0.25) is 0 Å². The van der Waals surface area contributed by atoms with Crippen LogP contribution in [0.4, 0.5) is 8.78 Å². The number of hydrogen-bond donors (Lipinski definition) is 1. The van der Waals surface area contributed by atoms with Gasteiger partial charge in [-0.1, -0.05) is 35.3 Å². The van der Waals surface area contributed by atoms with Crippen LogP contribution in [0, 0.1) is 18.8 Å². The molecule has 7 heteroatoms. The van der Waals surface area contributed by atoms with Gasteiger partial charge in [-0.2, -0.15) is 5.10 Å². The number of pyridine rings is 1. The van der Waals surface area contributed by atoms with Crippen molar-refractivity contribution in [2.75, 3.05) is 0 Å². The van der Waals surface area contributed by atoms with Gasteiger partial charge in [0.2, 0.25) is 0 Å². The van der Waals surface area contributed by atoms with Crippen LogP contribution in [0.3, 0.4) is 0 Å². The van der Waals surface area contributed by atoms with E-state index in [2.05, 4.69) is 32.2 Å². The van der Waals surface area contributed by atoms with Gasteiger partial charge in [0.25, 0.3) is 5.92 Å². The molecular formula is C25H18F2N4O. The summed E-state index contributed by atoms with van der Waals surface area (Å²) in [5.41, 5.74) is 5.86. The van der Waals surface area contributed by atoms with Crippen molar-refractivity contribution in [1.29, 1.82) is 0 Å². The molecule has 32 heavy (non-hydrogen) atoms. The highest BCUT2D eigenvalue weighted by Gasteiger charge is 2.24. The lowest BCUT2D eigenvalue weighted by atomic mass is 10.00. The minimum Gasteiger partial charge on any atom is -0.355 e. The Kier molecular flexibility index (Phi) is 4.71. The summed E-state index contributed by atoms with van der Waals surface area (Å²) >= 11 is 0. The third-order valence-electron chi connectivity index (χ3n) is 5.34. The maximum Gasteiger partial charge on any atom is 0.270 e. The minimum atomic E-state index is -2.89. The monoisotopic (exact) mass is 428 g/mol. The predicted molar refractivity (Wildman–Crippen MR) is 117 cm³/mol. The van der Waals surface area contributed by atoms with E-state index in [1.165, 1.54) is 12.1 Å². The Labute approximate surface area is 182 Å². The largest absolute Gasteiger partial charge is 0.355 e. The zero-order chi connectivity index (χ0) is 22.3. The standard InChI is InChI=1S/C25H18F2N4O/c1-15-6-9-20-22(13-16-4-3-5-17(12-16)25(2,26)27)31-32-24(20)19(15)10-7-18-8-11-21-23(29-18)14-28-30-21/h3-6,8-9,11-12,14H,13H2,1-2H3,(H,28,30). The van der Waals surface area contributed by atoms with E-state index in [0.29, 0.717) is 23.4 Å². The summed E-state index contributed by atoms with van der Waals surface area (Å²) in [7, 11) is 0. The number of fused-ring (bicyclic) bond motifs is 2. The molecule has 3 heterocycles. The van der Waals surface area contributed by atoms with Gasteiger partial charge in [-0.15, -0.1) is 0 Å². The van der Waals surface area contributed by atoms with Gasteiger partial charge in [-0.25, -0.2) is 13.8 Å². The van der Waals surface area contributed by atoms with Crippen molar-refractivity contribution in [2.45, 2.75) is 26.2 Å². The fraction of sp³-hybridized carbons (Fsp3) is 0.160. The summed E-state index contributed by atoms with van der Waals surface area (Å²) < 4.78 is 33.0. The summed E-state index contributed by atoms with van der Waals surface area (Å²) in [6.07, 6.45) is 2.03. The first-order chi connectivity index (χ1) is 15.4. The third kappa shape index (κ3) is 3.71. The van der Waals surface area contributed by atoms with E-state index in [-0.39, 0.29) is 5.56 Å². The number of rotatable bonds is 3. The molecule has 5 nitrogen and oxygen atoms in total. The molecule has 0 fully saturated rings. The molecule has 2 aromatic carbocycles. The van der Waals surface area contributed by atoms with Crippen molar-refractivity contribution in [3.63, 3.8) is 0 Å². The van der Waals surface area contributed by atoms with Crippen LogP contribution in [0.15, 0.2) is 59.3 Å². The topological polar surface area (TPSA) is 67.6 Å². The van der Waals surface area contributed by atoms with Crippen molar-refractivity contribution in [3.05, 3.63) is 88.4 Å². The van der Waals surface area contributed by atoms with Gasteiger partial charge < -0.3 is 4.52 Å². The quantitative estimate of drug-likeness (QED) is 0.385. The van der Waals surface area contributed by atoms with Crippen molar-refractivity contribution in [3.8, 4) is 11.8 Å². The highest BCUT2D eigenvalue weighted by Crippen LogP contribution is 2.30. The number of aromatic nitrogens is 4. The average molecular weight is 428 g/mol. The molecule has 0 spiro atoms. The summed E-state index contributed by atoms with van der Waals surface area (Å²) in [6, 6.07) is 14.0. The average Bonchev–Trinajstić information content (AvgIpc) is 3.39. The second-order valence-electron chi connectivity index (χ2n) is 7.78. The second kappa shape index (κ2) is 7.57. The Bertz CT molecular complexity index is 1520. The van der Waals surface area contributed by atoms with Crippen LogP contribution in [-0.2, 0) is 12.3 Å². The first kappa shape index (κ1) is 19.9. The summed E-state index contributed by atoms with van der Waals surface area (Å²) in [4.78, 5) is 4.47. The van der Waals surface area contributed by atoms with Gasteiger partial charge >= 0.3 is 0 Å². The number of alkyl halides is 2. The molecule has 0 saturated carbocycles. The molecule has 158 valence electrons. The van der Waals surface area contributed by atoms with Crippen LogP contribution >= 0.6 is 0 Å². The summed E-state index contributed by atoms with van der Waals surface area (Å²) in [5.74, 6) is 3.35. The first-order valence-electron chi connectivity index (χ1n) is 10.1. The zero-order valence-corrected chi connectivity index (χ0v) is 17.4. The zero-order valence-electron chi connectivity index (χ0n) is 17.4. The van der Waals surface area contributed by atoms with E-state index in [1.807, 2.05) is 37.3 Å². The van der Waals surface area contributed by atoms with Crippen LogP contribution in [0.5, 0.6) is 0 Å². The van der Waals surface area contributed by atoms with E-state index in [0.717, 1.165) is 40.0 Å². The van der Waals surface area contributed by atoms with Gasteiger partial charge in [0, 0.05) is 24.3 Å². The number of aromatic amines is 1. The SMILES string of the molecule is Cc1ccc2c(Cc3cccc(C(C)(F)F)c3)noc2c1C#Cc1ccc2[nH]ncc2n1. The second-order valence-corrected chi connectivity index (χ2v) is 7.78. The van der Waals surface area contributed by atoms with Gasteiger partial charge in [0.1, 0.15) is 11.2 Å². The van der Waals surface area contributed by atoms with E-state index in [9.17, 15) is 8.78 Å². The lowest BCUT2D eigenvalue weighted by molar-refractivity contribution is 0.0174. The Morgan fingerprint density at radius 3 is 2.81 bits per heavy atom. The minimum absolute atomic E-state index is 0.0210. The number of benzene rings is 2. The van der Waals surface area contributed by atoms with Crippen molar-refractivity contribution in [2.24, 2.45) is 0 Å². The number of nitrogens with zero attached hydrogens (tertiary/aromatic N) is 3. The highest BCUT2D eigenvalue weighted by atomic mass is 19.3. The molecule has 0 aliphatic rings. The molecule has 0 unspecified atom stereocenters. The Morgan fingerprint density at radius 2 is 1.97 bits per heavy atom. The maximum absolute atomic E-state index is 13.7. The Hall–Kier alpha value is -4.05. The predicted octanol–water partition coefficient (Wildman–Crippen LogP) is 5.51. The molecule has 0 aliphatic carbocycles. The first-order valence-corrected chi connectivity index (χ1v) is 10.1. The number of H-pyrrole nitrogens is 1. The molecule has 0 aliphatic heterocycles. The van der Waals surface area contributed by atoms with Crippen LogP contribution in [0.25, 0.3) is 22.0 Å². The molecule has 1 N–H and O–H groups in total. The Morgan fingerprint density at radius 1 is 1.09 bits per heavy atom. The molecule has 3 aromatic heterocycles. The van der Waals surface area contributed by atoms with Gasteiger partial charge in [0.05, 0.1) is 23.0 Å². The fourth-order valence-corrected chi connectivity index (χ4v) is 3.61. The van der Waals surface area contributed by atoms with Gasteiger partial charge in [-0.05, 0) is 48.2 Å². The van der Waals surface area contributed by atoms with Crippen molar-refractivity contribution in [1.82, 2.24) is 20.3 Å². The van der Waals surface area contributed by atoms with E-state index < -0.39 is 5.92 Å². The van der Waals surface area contributed by atoms with Crippen LogP contribution < -0.4 is 0 Å². The molecular weight excluding hydrogens is 410 g/mol. The molecule has 0 amide bonds. The molecule has 0 saturated heterocycles. The van der Waals surface area contributed by atoms with E-state index in [4.69, 9.17) is 4.52 Å². The molecule has 5 aromatic rings. The van der Waals surface area contributed by atoms with E-state index >= 15 is 0 Å². The summed E-state index contributed by atoms with van der Waals surface area (Å²) in [6.45, 7) is 2.84.